The van der Waals surface area contributed by atoms with Gasteiger partial charge in [-0.1, -0.05) is 46.9 Å². The van der Waals surface area contributed by atoms with Crippen LogP contribution in [0.5, 0.6) is 0 Å². The Morgan fingerprint density at radius 2 is 1.48 bits per heavy atom. The van der Waals surface area contributed by atoms with Crippen LogP contribution in [0.1, 0.15) is 35.3 Å². The molecule has 1 heterocycles. The second kappa shape index (κ2) is 10.4. The standard InChI is InChI=1S/C22H22Cl3N3O3/c1-14(29)26-20(15-2-4-16(23)5-3-15)13-21(30)27-8-10-28(11-9-27)22(31)18-7-6-17(24)12-19(18)25/h2-7,12,20H,8-11,13H2,1H3,(H,26,29). The molecule has 3 rings (SSSR count). The van der Waals surface area contributed by atoms with Gasteiger partial charge >= 0.3 is 0 Å². The fraction of sp³-hybridized carbons (Fsp3) is 0.318. The van der Waals surface area contributed by atoms with E-state index in [2.05, 4.69) is 5.32 Å². The van der Waals surface area contributed by atoms with Crippen LogP contribution in [0.3, 0.4) is 0 Å². The van der Waals surface area contributed by atoms with Gasteiger partial charge in [0.15, 0.2) is 0 Å². The Kier molecular flexibility index (Phi) is 7.81. The molecule has 0 aromatic heterocycles. The third-order valence-electron chi connectivity index (χ3n) is 5.11. The zero-order valence-corrected chi connectivity index (χ0v) is 19.2. The lowest BCUT2D eigenvalue weighted by atomic mass is 10.0. The van der Waals surface area contributed by atoms with Gasteiger partial charge in [0.2, 0.25) is 11.8 Å². The number of carbonyl (C=O) groups excluding carboxylic acids is 3. The van der Waals surface area contributed by atoms with Crippen LogP contribution in [-0.2, 0) is 9.59 Å². The van der Waals surface area contributed by atoms with E-state index in [1.807, 2.05) is 0 Å². The summed E-state index contributed by atoms with van der Waals surface area (Å²) in [7, 11) is 0. The number of amides is 3. The number of carbonyl (C=O) groups is 3. The molecule has 0 bridgehead atoms. The highest BCUT2D eigenvalue weighted by Crippen LogP contribution is 2.24. The third kappa shape index (κ3) is 6.12. The first-order valence-corrected chi connectivity index (χ1v) is 10.9. The monoisotopic (exact) mass is 481 g/mol. The van der Waals surface area contributed by atoms with Crippen molar-refractivity contribution >= 4 is 52.5 Å². The molecule has 3 amide bonds. The Bertz CT molecular complexity index is 974. The summed E-state index contributed by atoms with van der Waals surface area (Å²) in [5.74, 6) is -0.501. The van der Waals surface area contributed by atoms with Crippen molar-refractivity contribution in [1.82, 2.24) is 15.1 Å². The van der Waals surface area contributed by atoms with Gasteiger partial charge in [0, 0.05) is 43.1 Å². The van der Waals surface area contributed by atoms with E-state index in [0.29, 0.717) is 46.8 Å². The number of nitrogens with zero attached hydrogens (tertiary/aromatic N) is 2. The van der Waals surface area contributed by atoms with E-state index in [1.165, 1.54) is 13.0 Å². The van der Waals surface area contributed by atoms with E-state index in [-0.39, 0.29) is 24.1 Å². The molecule has 0 aliphatic carbocycles. The maximum Gasteiger partial charge on any atom is 0.255 e. The normalized spacial score (nSPS) is 14.8. The van der Waals surface area contributed by atoms with Crippen LogP contribution in [-0.4, -0.2) is 53.7 Å². The largest absolute Gasteiger partial charge is 0.349 e. The zero-order chi connectivity index (χ0) is 22.5. The summed E-state index contributed by atoms with van der Waals surface area (Å²) in [6.07, 6.45) is 0.123. The number of piperazine rings is 1. The molecule has 1 aliphatic rings. The molecular weight excluding hydrogens is 461 g/mol. The second-order valence-corrected chi connectivity index (χ2v) is 8.59. The summed E-state index contributed by atoms with van der Waals surface area (Å²) >= 11 is 18.0. The summed E-state index contributed by atoms with van der Waals surface area (Å²) in [5, 5.41) is 4.17. The highest BCUT2D eigenvalue weighted by atomic mass is 35.5. The molecule has 0 radical (unpaired) electrons. The Balaban J connectivity index is 1.61. The van der Waals surface area contributed by atoms with Gasteiger partial charge in [0.1, 0.15) is 0 Å². The van der Waals surface area contributed by atoms with Crippen molar-refractivity contribution in [3.8, 4) is 0 Å². The van der Waals surface area contributed by atoms with Gasteiger partial charge in [-0.05, 0) is 35.9 Å². The van der Waals surface area contributed by atoms with Crippen LogP contribution in [0.15, 0.2) is 42.5 Å². The Hall–Kier alpha value is -2.28. The third-order valence-corrected chi connectivity index (χ3v) is 5.91. The first kappa shape index (κ1) is 23.4. The highest BCUT2D eigenvalue weighted by Gasteiger charge is 2.28. The fourth-order valence-electron chi connectivity index (χ4n) is 3.49. The molecule has 1 aliphatic heterocycles. The quantitative estimate of drug-likeness (QED) is 0.694. The molecule has 2 aromatic rings. The maximum absolute atomic E-state index is 12.9. The molecular formula is C22H22Cl3N3O3. The average molecular weight is 483 g/mol. The Morgan fingerprint density at radius 1 is 0.903 bits per heavy atom. The fourth-order valence-corrected chi connectivity index (χ4v) is 4.10. The molecule has 1 N–H and O–H groups in total. The number of hydrogen-bond donors (Lipinski definition) is 1. The van der Waals surface area contributed by atoms with E-state index in [4.69, 9.17) is 34.8 Å². The molecule has 1 saturated heterocycles. The Morgan fingerprint density at radius 3 is 2.06 bits per heavy atom. The molecule has 164 valence electrons. The number of nitrogens with one attached hydrogen (secondary N) is 1. The van der Waals surface area contributed by atoms with Gasteiger partial charge in [0.25, 0.3) is 5.91 Å². The smallest absolute Gasteiger partial charge is 0.255 e. The van der Waals surface area contributed by atoms with Crippen molar-refractivity contribution in [2.45, 2.75) is 19.4 Å². The minimum atomic E-state index is -0.449. The molecule has 1 atom stereocenters. The second-order valence-electron chi connectivity index (χ2n) is 7.31. The van der Waals surface area contributed by atoms with Crippen LogP contribution < -0.4 is 5.32 Å². The summed E-state index contributed by atoms with van der Waals surface area (Å²) in [6.45, 7) is 3.02. The van der Waals surface area contributed by atoms with E-state index < -0.39 is 6.04 Å². The molecule has 2 aromatic carbocycles. The van der Waals surface area contributed by atoms with E-state index in [1.54, 1.807) is 46.2 Å². The van der Waals surface area contributed by atoms with Gasteiger partial charge in [-0.15, -0.1) is 0 Å². The number of rotatable bonds is 5. The van der Waals surface area contributed by atoms with Crippen LogP contribution in [0.2, 0.25) is 15.1 Å². The highest BCUT2D eigenvalue weighted by molar-refractivity contribution is 6.36. The predicted octanol–water partition coefficient (Wildman–Crippen LogP) is 4.20. The van der Waals surface area contributed by atoms with Crippen LogP contribution in [0.4, 0.5) is 0 Å². The molecule has 31 heavy (non-hydrogen) atoms. The average Bonchev–Trinajstić information content (AvgIpc) is 2.73. The lowest BCUT2D eigenvalue weighted by Gasteiger charge is -2.35. The first-order valence-electron chi connectivity index (χ1n) is 9.79. The number of halogens is 3. The maximum atomic E-state index is 12.9. The van der Waals surface area contributed by atoms with Gasteiger partial charge < -0.3 is 15.1 Å². The minimum Gasteiger partial charge on any atom is -0.349 e. The van der Waals surface area contributed by atoms with Crippen molar-refractivity contribution in [2.24, 2.45) is 0 Å². The lowest BCUT2D eigenvalue weighted by Crippen LogP contribution is -2.51. The zero-order valence-electron chi connectivity index (χ0n) is 16.9. The molecule has 6 nitrogen and oxygen atoms in total. The predicted molar refractivity (Wildman–Crippen MR) is 122 cm³/mol. The minimum absolute atomic E-state index is 0.0923. The van der Waals surface area contributed by atoms with Crippen LogP contribution >= 0.6 is 34.8 Å². The SMILES string of the molecule is CC(=O)NC(CC(=O)N1CCN(C(=O)c2ccc(Cl)cc2Cl)CC1)c1ccc(Cl)cc1. The number of benzene rings is 2. The summed E-state index contributed by atoms with van der Waals surface area (Å²) in [6, 6.07) is 11.4. The molecule has 1 unspecified atom stereocenters. The summed E-state index contributed by atoms with van der Waals surface area (Å²) < 4.78 is 0. The van der Waals surface area contributed by atoms with Gasteiger partial charge in [-0.2, -0.15) is 0 Å². The Labute approximate surface area is 196 Å². The van der Waals surface area contributed by atoms with Crippen LogP contribution in [0.25, 0.3) is 0 Å². The van der Waals surface area contributed by atoms with Crippen molar-refractivity contribution in [3.05, 3.63) is 68.7 Å². The molecule has 9 heteroatoms. The van der Waals surface area contributed by atoms with Crippen molar-refractivity contribution in [3.63, 3.8) is 0 Å². The summed E-state index contributed by atoms with van der Waals surface area (Å²) in [5.41, 5.74) is 1.19. The lowest BCUT2D eigenvalue weighted by molar-refractivity contribution is -0.133. The van der Waals surface area contributed by atoms with E-state index in [9.17, 15) is 14.4 Å². The molecule has 0 saturated carbocycles. The summed E-state index contributed by atoms with van der Waals surface area (Å²) in [4.78, 5) is 40.6. The van der Waals surface area contributed by atoms with Crippen molar-refractivity contribution in [1.29, 1.82) is 0 Å². The van der Waals surface area contributed by atoms with Crippen molar-refractivity contribution in [2.75, 3.05) is 26.2 Å². The van der Waals surface area contributed by atoms with E-state index in [0.717, 1.165) is 5.56 Å². The van der Waals surface area contributed by atoms with E-state index >= 15 is 0 Å². The van der Waals surface area contributed by atoms with Crippen molar-refractivity contribution < 1.29 is 14.4 Å². The molecule has 0 spiro atoms. The number of hydrogen-bond acceptors (Lipinski definition) is 3. The van der Waals surface area contributed by atoms with Gasteiger partial charge in [-0.3, -0.25) is 14.4 Å². The van der Waals surface area contributed by atoms with Crippen LogP contribution in [0, 0.1) is 0 Å². The topological polar surface area (TPSA) is 69.7 Å². The first-order chi connectivity index (χ1) is 14.7. The van der Waals surface area contributed by atoms with Gasteiger partial charge in [0.05, 0.1) is 23.0 Å². The molecule has 1 fully saturated rings. The van der Waals surface area contributed by atoms with Gasteiger partial charge in [-0.25, -0.2) is 0 Å².